The summed E-state index contributed by atoms with van der Waals surface area (Å²) in [6.07, 6.45) is 10.0. The van der Waals surface area contributed by atoms with Gasteiger partial charge in [-0.3, -0.25) is 15.1 Å². The third-order valence-corrected chi connectivity index (χ3v) is 9.61. The van der Waals surface area contributed by atoms with Crippen molar-refractivity contribution in [3.8, 4) is 11.3 Å². The molecule has 11 nitrogen and oxygen atoms in total. The molecule has 7 rings (SSSR count). The minimum Gasteiger partial charge on any atom is -0.351 e. The molecule has 216 valence electrons. The Morgan fingerprint density at radius 1 is 1.05 bits per heavy atom. The van der Waals surface area contributed by atoms with Gasteiger partial charge in [-0.2, -0.15) is 0 Å². The molecule has 41 heavy (non-hydrogen) atoms. The topological polar surface area (TPSA) is 118 Å². The van der Waals surface area contributed by atoms with Crippen LogP contribution in [0.25, 0.3) is 22.3 Å². The zero-order valence-electron chi connectivity index (χ0n) is 23.3. The standard InChI is InChI=1S/C29H35ClN8O3/c1-16-6-8-17(9-7-16)14-38-26-20(33-28(38)37-15-24(39)36(2)22-4-3-5-23(22)37)11-21(27-34-29(40)41-35-27)32-25(26)18-10-19(30)13-31-12-18/h10-13,16-17,22-23,27,35H,3-9,14-15H2,1-2H3,(H,34,40)/t16?,17?,22-,23-,27?/m0/s1. The molecule has 2 saturated heterocycles. The predicted molar refractivity (Wildman–Crippen MR) is 154 cm³/mol. The molecule has 4 aliphatic rings. The normalized spacial score (nSPS) is 28.2. The molecule has 3 aromatic rings. The molecule has 2 saturated carbocycles. The van der Waals surface area contributed by atoms with Crippen molar-refractivity contribution in [2.24, 2.45) is 11.8 Å². The second-order valence-corrected chi connectivity index (χ2v) is 12.5. The second kappa shape index (κ2) is 10.4. The Morgan fingerprint density at radius 2 is 1.85 bits per heavy atom. The molecular formula is C29H35ClN8O3. The smallest absolute Gasteiger partial charge is 0.351 e. The van der Waals surface area contributed by atoms with Crippen LogP contribution in [0.4, 0.5) is 10.7 Å². The average molecular weight is 579 g/mol. The Hall–Kier alpha value is -3.44. The van der Waals surface area contributed by atoms with Gasteiger partial charge in [0, 0.05) is 31.5 Å². The zero-order chi connectivity index (χ0) is 28.2. The minimum atomic E-state index is -0.629. The van der Waals surface area contributed by atoms with E-state index in [-0.39, 0.29) is 18.0 Å². The van der Waals surface area contributed by atoms with Crippen molar-refractivity contribution in [2.45, 2.75) is 76.7 Å². The van der Waals surface area contributed by atoms with Gasteiger partial charge in [0.2, 0.25) is 11.9 Å². The highest BCUT2D eigenvalue weighted by Gasteiger charge is 2.44. The van der Waals surface area contributed by atoms with Crippen molar-refractivity contribution in [3.63, 3.8) is 0 Å². The number of rotatable bonds is 5. The second-order valence-electron chi connectivity index (χ2n) is 12.1. The lowest BCUT2D eigenvalue weighted by Crippen LogP contribution is -2.59. The number of nitrogens with zero attached hydrogens (tertiary/aromatic N) is 6. The molecule has 3 atom stereocenters. The van der Waals surface area contributed by atoms with Gasteiger partial charge < -0.3 is 19.2 Å². The molecule has 0 radical (unpaired) electrons. The first-order valence-electron chi connectivity index (χ1n) is 14.6. The molecule has 0 spiro atoms. The van der Waals surface area contributed by atoms with Crippen LogP contribution in [0.15, 0.2) is 24.5 Å². The van der Waals surface area contributed by atoms with Crippen LogP contribution >= 0.6 is 11.6 Å². The Labute approximate surface area is 243 Å². The fourth-order valence-electron chi connectivity index (χ4n) is 7.15. The molecule has 2 aliphatic heterocycles. The van der Waals surface area contributed by atoms with Gasteiger partial charge in [0.15, 0.2) is 6.17 Å². The van der Waals surface area contributed by atoms with Crippen LogP contribution < -0.4 is 15.7 Å². The quantitative estimate of drug-likeness (QED) is 0.457. The lowest BCUT2D eigenvalue weighted by Gasteiger charge is -2.43. The van der Waals surface area contributed by atoms with Crippen LogP contribution in [-0.4, -0.2) is 62.1 Å². The van der Waals surface area contributed by atoms with Gasteiger partial charge >= 0.3 is 6.09 Å². The number of aromatic nitrogens is 4. The highest BCUT2D eigenvalue weighted by atomic mass is 35.5. The van der Waals surface area contributed by atoms with E-state index in [1.807, 2.05) is 24.1 Å². The van der Waals surface area contributed by atoms with Crippen molar-refractivity contribution in [2.75, 3.05) is 18.5 Å². The molecule has 1 unspecified atom stereocenters. The van der Waals surface area contributed by atoms with Gasteiger partial charge in [-0.25, -0.2) is 14.8 Å². The van der Waals surface area contributed by atoms with Crippen molar-refractivity contribution in [3.05, 3.63) is 35.2 Å². The molecule has 4 fully saturated rings. The van der Waals surface area contributed by atoms with E-state index >= 15 is 0 Å². The van der Waals surface area contributed by atoms with Gasteiger partial charge in [0.05, 0.1) is 39.5 Å². The number of piperazine rings is 1. The number of halogens is 1. The third-order valence-electron chi connectivity index (χ3n) is 9.40. The third kappa shape index (κ3) is 4.78. The van der Waals surface area contributed by atoms with E-state index in [9.17, 15) is 9.59 Å². The minimum absolute atomic E-state index is 0.117. The predicted octanol–water partition coefficient (Wildman–Crippen LogP) is 4.42. The van der Waals surface area contributed by atoms with Gasteiger partial charge in [-0.05, 0) is 56.1 Å². The SMILES string of the molecule is CC1CCC(Cn2c(N3CC(=O)N(C)[C@H]4CCC[C@@H]43)nc3cc(C4NOC(=O)N4)nc(-c4cncc(Cl)c4)c32)CC1. The number of hydrogen-bond acceptors (Lipinski definition) is 8. The highest BCUT2D eigenvalue weighted by Crippen LogP contribution is 2.40. The Kier molecular flexibility index (Phi) is 6.73. The molecule has 5 heterocycles. The van der Waals surface area contributed by atoms with Crippen molar-refractivity contribution >= 4 is 40.6 Å². The van der Waals surface area contributed by atoms with E-state index in [2.05, 4.69) is 32.2 Å². The van der Waals surface area contributed by atoms with Crippen LogP contribution in [0.2, 0.25) is 5.02 Å². The first-order chi connectivity index (χ1) is 19.9. The molecule has 2 aliphatic carbocycles. The largest absolute Gasteiger partial charge is 0.427 e. The average Bonchev–Trinajstić information content (AvgIpc) is 3.71. The molecule has 2 N–H and O–H groups in total. The summed E-state index contributed by atoms with van der Waals surface area (Å²) in [4.78, 5) is 48.8. The Bertz CT molecular complexity index is 1500. The first kappa shape index (κ1) is 26.5. The number of pyridine rings is 2. The molecular weight excluding hydrogens is 544 g/mol. The summed E-state index contributed by atoms with van der Waals surface area (Å²) in [7, 11) is 1.93. The summed E-state index contributed by atoms with van der Waals surface area (Å²) in [5, 5.41) is 3.25. The summed E-state index contributed by atoms with van der Waals surface area (Å²) in [6.45, 7) is 3.42. The van der Waals surface area contributed by atoms with E-state index in [4.69, 9.17) is 26.4 Å². The lowest BCUT2D eigenvalue weighted by atomic mass is 9.83. The molecule has 3 aromatic heterocycles. The summed E-state index contributed by atoms with van der Waals surface area (Å²) >= 11 is 6.41. The van der Waals surface area contributed by atoms with Gasteiger partial charge in [-0.15, -0.1) is 5.48 Å². The maximum absolute atomic E-state index is 13.2. The number of likely N-dealkylation sites (N-methyl/N-ethyl adjacent to an activating group) is 1. The maximum atomic E-state index is 13.2. The lowest BCUT2D eigenvalue weighted by molar-refractivity contribution is -0.132. The van der Waals surface area contributed by atoms with Gasteiger partial charge in [0.25, 0.3) is 0 Å². The number of amides is 2. The van der Waals surface area contributed by atoms with E-state index in [1.165, 1.54) is 12.8 Å². The number of imidazole rings is 1. The number of hydroxylamine groups is 1. The van der Waals surface area contributed by atoms with E-state index in [0.29, 0.717) is 28.9 Å². The molecule has 0 aromatic carbocycles. The van der Waals surface area contributed by atoms with Crippen molar-refractivity contribution < 1.29 is 14.4 Å². The fraction of sp³-hybridized carbons (Fsp3) is 0.552. The van der Waals surface area contributed by atoms with Gasteiger partial charge in [-0.1, -0.05) is 31.4 Å². The zero-order valence-corrected chi connectivity index (χ0v) is 24.1. The van der Waals surface area contributed by atoms with Crippen LogP contribution in [0.1, 0.15) is 63.7 Å². The molecule has 2 amide bonds. The van der Waals surface area contributed by atoms with Crippen molar-refractivity contribution in [1.82, 2.24) is 35.2 Å². The van der Waals surface area contributed by atoms with Crippen LogP contribution in [0.5, 0.6) is 0 Å². The van der Waals surface area contributed by atoms with Crippen LogP contribution in [0.3, 0.4) is 0 Å². The van der Waals surface area contributed by atoms with E-state index in [0.717, 1.165) is 67.1 Å². The Balaban J connectivity index is 1.42. The number of hydrogen-bond donors (Lipinski definition) is 2. The van der Waals surface area contributed by atoms with Crippen LogP contribution in [-0.2, 0) is 16.2 Å². The summed E-state index contributed by atoms with van der Waals surface area (Å²) in [5.41, 5.74) is 6.35. The van der Waals surface area contributed by atoms with Crippen molar-refractivity contribution in [1.29, 1.82) is 0 Å². The number of carbonyl (C=O) groups is 2. The van der Waals surface area contributed by atoms with Gasteiger partial charge in [0.1, 0.15) is 6.54 Å². The summed E-state index contributed by atoms with van der Waals surface area (Å²) < 4.78 is 2.30. The number of fused-ring (bicyclic) bond motifs is 2. The maximum Gasteiger partial charge on any atom is 0.427 e. The number of carbonyl (C=O) groups excluding carboxylic acids is 2. The summed E-state index contributed by atoms with van der Waals surface area (Å²) in [6, 6.07) is 4.15. The van der Waals surface area contributed by atoms with Crippen LogP contribution in [0, 0.1) is 11.8 Å². The highest BCUT2D eigenvalue weighted by molar-refractivity contribution is 6.30. The van der Waals surface area contributed by atoms with E-state index < -0.39 is 12.3 Å². The summed E-state index contributed by atoms with van der Waals surface area (Å²) in [5.74, 6) is 2.17. The first-order valence-corrected chi connectivity index (χ1v) is 15.0. The number of anilines is 1. The fourth-order valence-corrected chi connectivity index (χ4v) is 7.33. The number of nitrogens with one attached hydrogen (secondary N) is 2. The molecule has 0 bridgehead atoms. The van der Waals surface area contributed by atoms with E-state index in [1.54, 1.807) is 12.4 Å². The monoisotopic (exact) mass is 578 g/mol. The Morgan fingerprint density at radius 3 is 2.61 bits per heavy atom. The molecule has 12 heteroatoms.